The van der Waals surface area contributed by atoms with Crippen molar-refractivity contribution in [3.05, 3.63) is 23.8 Å². The van der Waals surface area contributed by atoms with Crippen molar-refractivity contribution in [2.45, 2.75) is 51.3 Å². The largest absolute Gasteiger partial charge is 0.497 e. The second-order valence-corrected chi connectivity index (χ2v) is 6.47. The number of rotatable bonds is 11. The predicted molar refractivity (Wildman–Crippen MR) is 94.9 cm³/mol. The van der Waals surface area contributed by atoms with Gasteiger partial charge in [0.05, 0.1) is 14.2 Å². The lowest BCUT2D eigenvalue weighted by Gasteiger charge is -2.25. The first kappa shape index (κ1) is 19.5. The van der Waals surface area contributed by atoms with E-state index in [-0.39, 0.29) is 12.6 Å². The van der Waals surface area contributed by atoms with E-state index in [1.165, 1.54) is 0 Å². The molecule has 0 spiro atoms. The Morgan fingerprint density at radius 1 is 1.24 bits per heavy atom. The fraction of sp³-hybridized carbons (Fsp3) is 0.632. The molecule has 0 aromatic heterocycles. The summed E-state index contributed by atoms with van der Waals surface area (Å²) in [6.45, 7) is 3.14. The molecule has 1 fully saturated rings. The van der Waals surface area contributed by atoms with Gasteiger partial charge in [-0.3, -0.25) is 9.69 Å². The van der Waals surface area contributed by atoms with E-state index in [0.717, 1.165) is 36.3 Å². The number of ether oxygens (including phenoxy) is 3. The van der Waals surface area contributed by atoms with Crippen molar-refractivity contribution in [1.29, 1.82) is 0 Å². The van der Waals surface area contributed by atoms with Gasteiger partial charge in [-0.1, -0.05) is 6.92 Å². The zero-order chi connectivity index (χ0) is 18.2. The van der Waals surface area contributed by atoms with Crippen LogP contribution in [0.1, 0.15) is 38.2 Å². The van der Waals surface area contributed by atoms with E-state index in [4.69, 9.17) is 14.2 Å². The molecule has 0 bridgehead atoms. The first-order valence-corrected chi connectivity index (χ1v) is 8.85. The third kappa shape index (κ3) is 6.55. The van der Waals surface area contributed by atoms with Crippen LogP contribution >= 0.6 is 0 Å². The molecule has 140 valence electrons. The Labute approximate surface area is 149 Å². The van der Waals surface area contributed by atoms with Gasteiger partial charge in [0.25, 0.3) is 0 Å². The molecular formula is C19H29NO5. The number of hydrogen-bond acceptors (Lipinski definition) is 6. The number of carbonyl (C=O) groups excluding carboxylic acids is 1. The lowest BCUT2D eigenvalue weighted by atomic mass is 10.1. The van der Waals surface area contributed by atoms with Crippen molar-refractivity contribution in [1.82, 2.24) is 4.90 Å². The third-order valence-corrected chi connectivity index (χ3v) is 4.20. The molecule has 0 aliphatic heterocycles. The van der Waals surface area contributed by atoms with Crippen molar-refractivity contribution in [2.75, 3.05) is 27.4 Å². The fourth-order valence-electron chi connectivity index (χ4n) is 2.76. The smallest absolute Gasteiger partial charge is 0.305 e. The highest BCUT2D eigenvalue weighted by Gasteiger charge is 2.30. The molecule has 1 N–H and O–H groups in total. The molecule has 1 unspecified atom stereocenters. The molecule has 0 heterocycles. The van der Waals surface area contributed by atoms with Crippen molar-refractivity contribution in [3.8, 4) is 11.5 Å². The molecule has 1 atom stereocenters. The van der Waals surface area contributed by atoms with Gasteiger partial charge in [0.2, 0.25) is 0 Å². The number of benzene rings is 1. The van der Waals surface area contributed by atoms with Crippen LogP contribution in [0, 0.1) is 0 Å². The topological polar surface area (TPSA) is 68.2 Å². The highest BCUT2D eigenvalue weighted by atomic mass is 16.5. The highest BCUT2D eigenvalue weighted by molar-refractivity contribution is 5.69. The molecule has 1 saturated carbocycles. The normalized spacial score (nSPS) is 15.1. The number of nitrogens with zero attached hydrogens (tertiary/aromatic N) is 1. The summed E-state index contributed by atoms with van der Waals surface area (Å²) in [6, 6.07) is 6.27. The van der Waals surface area contributed by atoms with Crippen LogP contribution in [0.15, 0.2) is 18.2 Å². The van der Waals surface area contributed by atoms with Crippen LogP contribution in [0.2, 0.25) is 0 Å². The predicted octanol–water partition coefficient (Wildman–Crippen LogP) is 2.37. The van der Waals surface area contributed by atoms with Crippen molar-refractivity contribution in [3.63, 3.8) is 0 Å². The fourth-order valence-corrected chi connectivity index (χ4v) is 2.76. The van der Waals surface area contributed by atoms with Gasteiger partial charge in [0.15, 0.2) is 0 Å². The Morgan fingerprint density at radius 2 is 1.88 bits per heavy atom. The Hall–Kier alpha value is -1.79. The number of esters is 1. The van der Waals surface area contributed by atoms with Crippen LogP contribution in [0.5, 0.6) is 11.5 Å². The number of hydrogen-bond donors (Lipinski definition) is 1. The van der Waals surface area contributed by atoms with Gasteiger partial charge in [-0.2, -0.15) is 0 Å². The SMILES string of the molecule is CCCC(=O)OCC(O)CN(Cc1cc(OC)cc(OC)c1)C1CC1. The molecule has 1 aliphatic carbocycles. The van der Waals surface area contributed by atoms with Crippen molar-refractivity contribution < 1.29 is 24.1 Å². The summed E-state index contributed by atoms with van der Waals surface area (Å²) in [6.07, 6.45) is 2.71. The summed E-state index contributed by atoms with van der Waals surface area (Å²) in [5.74, 6) is 1.25. The van der Waals surface area contributed by atoms with Crippen LogP contribution < -0.4 is 9.47 Å². The van der Waals surface area contributed by atoms with Gasteiger partial charge in [-0.05, 0) is 37.0 Å². The molecule has 0 saturated heterocycles. The molecule has 2 rings (SSSR count). The number of aliphatic hydroxyl groups excluding tert-OH is 1. The Bertz CT molecular complexity index is 536. The van der Waals surface area contributed by atoms with E-state index >= 15 is 0 Å². The molecule has 1 aliphatic rings. The van der Waals surface area contributed by atoms with E-state index in [1.54, 1.807) is 14.2 Å². The summed E-state index contributed by atoms with van der Waals surface area (Å²) < 4.78 is 15.8. The quantitative estimate of drug-likeness (QED) is 0.618. The molecular weight excluding hydrogens is 322 g/mol. The lowest BCUT2D eigenvalue weighted by molar-refractivity contribution is -0.147. The van der Waals surface area contributed by atoms with Gasteiger partial charge in [0, 0.05) is 31.6 Å². The molecule has 1 aromatic rings. The molecule has 6 heteroatoms. The summed E-state index contributed by atoms with van der Waals surface area (Å²) in [7, 11) is 3.26. The summed E-state index contributed by atoms with van der Waals surface area (Å²) >= 11 is 0. The summed E-state index contributed by atoms with van der Waals surface area (Å²) in [4.78, 5) is 13.7. The van der Waals surface area contributed by atoms with Crippen LogP contribution in [0.3, 0.4) is 0 Å². The zero-order valence-electron chi connectivity index (χ0n) is 15.4. The maximum atomic E-state index is 11.4. The molecule has 0 radical (unpaired) electrons. The van der Waals surface area contributed by atoms with Gasteiger partial charge >= 0.3 is 5.97 Å². The van der Waals surface area contributed by atoms with E-state index in [1.807, 2.05) is 25.1 Å². The standard InChI is InChI=1S/C19H29NO5/c1-4-5-19(22)25-13-16(21)12-20(15-6-7-15)11-14-8-17(23-2)10-18(9-14)24-3/h8-10,15-16,21H,4-7,11-13H2,1-3H3. The van der Waals surface area contributed by atoms with Gasteiger partial charge in [-0.25, -0.2) is 0 Å². The van der Waals surface area contributed by atoms with E-state index < -0.39 is 6.10 Å². The van der Waals surface area contributed by atoms with E-state index in [0.29, 0.717) is 25.6 Å². The minimum atomic E-state index is -0.686. The summed E-state index contributed by atoms with van der Waals surface area (Å²) in [5, 5.41) is 10.2. The minimum absolute atomic E-state index is 0.0451. The van der Waals surface area contributed by atoms with E-state index in [9.17, 15) is 9.90 Å². The van der Waals surface area contributed by atoms with Crippen molar-refractivity contribution in [2.24, 2.45) is 0 Å². The Balaban J connectivity index is 1.93. The average molecular weight is 351 g/mol. The third-order valence-electron chi connectivity index (χ3n) is 4.20. The van der Waals surface area contributed by atoms with Crippen LogP contribution in [0.4, 0.5) is 0 Å². The highest BCUT2D eigenvalue weighted by Crippen LogP contribution is 2.30. The van der Waals surface area contributed by atoms with Crippen LogP contribution in [-0.4, -0.2) is 55.5 Å². The molecule has 6 nitrogen and oxygen atoms in total. The molecule has 1 aromatic carbocycles. The number of carbonyl (C=O) groups is 1. The van der Waals surface area contributed by atoms with Crippen LogP contribution in [0.25, 0.3) is 0 Å². The number of aliphatic hydroxyl groups is 1. The van der Waals surface area contributed by atoms with Crippen LogP contribution in [-0.2, 0) is 16.1 Å². The molecule has 0 amide bonds. The first-order chi connectivity index (χ1) is 12.0. The lowest BCUT2D eigenvalue weighted by Crippen LogP contribution is -2.36. The average Bonchev–Trinajstić information content (AvgIpc) is 3.44. The minimum Gasteiger partial charge on any atom is -0.497 e. The Morgan fingerprint density at radius 3 is 2.40 bits per heavy atom. The maximum absolute atomic E-state index is 11.4. The van der Waals surface area contributed by atoms with Gasteiger partial charge in [0.1, 0.15) is 24.2 Å². The zero-order valence-corrected chi connectivity index (χ0v) is 15.4. The van der Waals surface area contributed by atoms with Gasteiger partial charge in [-0.15, -0.1) is 0 Å². The molecule has 25 heavy (non-hydrogen) atoms. The first-order valence-electron chi connectivity index (χ1n) is 8.85. The monoisotopic (exact) mass is 351 g/mol. The van der Waals surface area contributed by atoms with Gasteiger partial charge < -0.3 is 19.3 Å². The van der Waals surface area contributed by atoms with E-state index in [2.05, 4.69) is 4.90 Å². The second-order valence-electron chi connectivity index (χ2n) is 6.47. The Kier molecular flexibility index (Phi) is 7.52. The summed E-state index contributed by atoms with van der Waals surface area (Å²) in [5.41, 5.74) is 1.07. The number of methoxy groups -OCH3 is 2. The van der Waals surface area contributed by atoms with Crippen molar-refractivity contribution >= 4 is 5.97 Å². The second kappa shape index (κ2) is 9.63. The maximum Gasteiger partial charge on any atom is 0.305 e.